The molecule has 4 nitrogen and oxygen atoms in total. The standard InChI is InChI=1S/C14H20BrNO3/c1-10(15)5-4-8-16-14(17)12-9-11(18-2)6-7-13(12)19-3/h6-7,9-10H,4-5,8H2,1-3H3,(H,16,17). The minimum atomic E-state index is -0.141. The van der Waals surface area contributed by atoms with E-state index in [1.54, 1.807) is 32.4 Å². The first-order valence-electron chi connectivity index (χ1n) is 6.22. The van der Waals surface area contributed by atoms with Gasteiger partial charge in [-0.1, -0.05) is 22.9 Å². The maximum atomic E-state index is 12.1. The van der Waals surface area contributed by atoms with Gasteiger partial charge in [0.05, 0.1) is 19.8 Å². The number of hydrogen-bond donors (Lipinski definition) is 1. The van der Waals surface area contributed by atoms with Gasteiger partial charge in [0.2, 0.25) is 0 Å². The van der Waals surface area contributed by atoms with Crippen LogP contribution in [0.15, 0.2) is 18.2 Å². The van der Waals surface area contributed by atoms with E-state index >= 15 is 0 Å². The summed E-state index contributed by atoms with van der Waals surface area (Å²) < 4.78 is 10.3. The van der Waals surface area contributed by atoms with E-state index in [2.05, 4.69) is 28.2 Å². The molecule has 0 fully saturated rings. The summed E-state index contributed by atoms with van der Waals surface area (Å²) in [4.78, 5) is 12.5. The third-order valence-corrected chi connectivity index (χ3v) is 3.17. The molecular weight excluding hydrogens is 310 g/mol. The average Bonchev–Trinajstić information content (AvgIpc) is 2.42. The Kier molecular flexibility index (Phi) is 6.70. The number of rotatable bonds is 7. The number of nitrogens with one attached hydrogen (secondary N) is 1. The highest BCUT2D eigenvalue weighted by Gasteiger charge is 2.13. The van der Waals surface area contributed by atoms with Gasteiger partial charge in [0.25, 0.3) is 5.91 Å². The monoisotopic (exact) mass is 329 g/mol. The van der Waals surface area contributed by atoms with Crippen LogP contribution >= 0.6 is 15.9 Å². The summed E-state index contributed by atoms with van der Waals surface area (Å²) in [6, 6.07) is 5.18. The molecule has 106 valence electrons. The van der Waals surface area contributed by atoms with E-state index in [0.717, 1.165) is 12.8 Å². The number of hydrogen-bond acceptors (Lipinski definition) is 3. The van der Waals surface area contributed by atoms with Gasteiger partial charge in [-0.2, -0.15) is 0 Å². The maximum Gasteiger partial charge on any atom is 0.255 e. The van der Waals surface area contributed by atoms with Gasteiger partial charge in [0.1, 0.15) is 11.5 Å². The summed E-state index contributed by atoms with van der Waals surface area (Å²) in [5, 5.41) is 2.89. The van der Waals surface area contributed by atoms with Gasteiger partial charge in [-0.05, 0) is 31.0 Å². The number of alkyl halides is 1. The molecule has 0 spiro atoms. The molecule has 0 heterocycles. The molecule has 0 saturated carbocycles. The SMILES string of the molecule is COc1ccc(OC)c(C(=O)NCCCC(C)Br)c1. The second kappa shape index (κ2) is 8.04. The predicted molar refractivity (Wildman–Crippen MR) is 79.5 cm³/mol. The van der Waals surface area contributed by atoms with Crippen molar-refractivity contribution >= 4 is 21.8 Å². The Morgan fingerprint density at radius 2 is 2.11 bits per heavy atom. The number of carbonyl (C=O) groups excluding carboxylic acids is 1. The summed E-state index contributed by atoms with van der Waals surface area (Å²) in [5.74, 6) is 1.05. The lowest BCUT2D eigenvalue weighted by Crippen LogP contribution is -2.25. The molecule has 5 heteroatoms. The van der Waals surface area contributed by atoms with Crippen molar-refractivity contribution in [3.05, 3.63) is 23.8 Å². The highest BCUT2D eigenvalue weighted by Crippen LogP contribution is 2.23. The summed E-state index contributed by atoms with van der Waals surface area (Å²) in [6.45, 7) is 2.74. The first-order valence-corrected chi connectivity index (χ1v) is 7.14. The highest BCUT2D eigenvalue weighted by molar-refractivity contribution is 9.09. The zero-order chi connectivity index (χ0) is 14.3. The molecule has 1 N–H and O–H groups in total. The van der Waals surface area contributed by atoms with Crippen molar-refractivity contribution in [1.29, 1.82) is 0 Å². The van der Waals surface area contributed by atoms with Crippen molar-refractivity contribution < 1.29 is 14.3 Å². The molecule has 19 heavy (non-hydrogen) atoms. The van der Waals surface area contributed by atoms with Gasteiger partial charge in [-0.25, -0.2) is 0 Å². The number of ether oxygens (including phenoxy) is 2. The van der Waals surface area contributed by atoms with Gasteiger partial charge >= 0.3 is 0 Å². The molecule has 1 amide bonds. The Hall–Kier alpha value is -1.23. The van der Waals surface area contributed by atoms with Crippen molar-refractivity contribution in [2.45, 2.75) is 24.6 Å². The maximum absolute atomic E-state index is 12.1. The lowest BCUT2D eigenvalue weighted by atomic mass is 10.1. The quantitative estimate of drug-likeness (QED) is 0.618. The fraction of sp³-hybridized carbons (Fsp3) is 0.500. The van der Waals surface area contributed by atoms with Crippen molar-refractivity contribution in [3.8, 4) is 11.5 Å². The fourth-order valence-electron chi connectivity index (χ4n) is 1.67. The van der Waals surface area contributed by atoms with E-state index < -0.39 is 0 Å². The van der Waals surface area contributed by atoms with Crippen LogP contribution in [0, 0.1) is 0 Å². The van der Waals surface area contributed by atoms with E-state index in [1.807, 2.05) is 0 Å². The number of benzene rings is 1. The molecule has 1 aromatic rings. The minimum absolute atomic E-state index is 0.141. The number of methoxy groups -OCH3 is 2. The second-order valence-corrected chi connectivity index (χ2v) is 5.81. The Balaban J connectivity index is 2.64. The molecule has 0 aliphatic heterocycles. The van der Waals surface area contributed by atoms with Gasteiger partial charge in [0, 0.05) is 11.4 Å². The molecular formula is C14H20BrNO3. The van der Waals surface area contributed by atoms with Crippen LogP contribution in [0.1, 0.15) is 30.1 Å². The molecule has 0 radical (unpaired) electrons. The fourth-order valence-corrected chi connectivity index (χ4v) is 2.00. The van der Waals surface area contributed by atoms with Crippen molar-refractivity contribution in [2.75, 3.05) is 20.8 Å². The van der Waals surface area contributed by atoms with E-state index in [1.165, 1.54) is 0 Å². The van der Waals surface area contributed by atoms with Crippen molar-refractivity contribution in [1.82, 2.24) is 5.32 Å². The lowest BCUT2D eigenvalue weighted by Gasteiger charge is -2.11. The van der Waals surface area contributed by atoms with Gasteiger partial charge < -0.3 is 14.8 Å². The molecule has 0 bridgehead atoms. The Labute approximate surface area is 122 Å². The summed E-state index contributed by atoms with van der Waals surface area (Å²) in [6.07, 6.45) is 1.96. The van der Waals surface area contributed by atoms with Crippen LogP contribution in [0.3, 0.4) is 0 Å². The molecule has 0 aromatic heterocycles. The number of carbonyl (C=O) groups is 1. The Morgan fingerprint density at radius 3 is 2.68 bits per heavy atom. The van der Waals surface area contributed by atoms with E-state index in [0.29, 0.717) is 28.4 Å². The zero-order valence-corrected chi connectivity index (χ0v) is 13.1. The molecule has 1 aromatic carbocycles. The first-order chi connectivity index (χ1) is 9.08. The molecule has 0 aliphatic carbocycles. The van der Waals surface area contributed by atoms with Crippen LogP contribution in [0.25, 0.3) is 0 Å². The third kappa shape index (κ3) is 5.11. The topological polar surface area (TPSA) is 47.6 Å². The van der Waals surface area contributed by atoms with Crippen LogP contribution in [0.5, 0.6) is 11.5 Å². The van der Waals surface area contributed by atoms with Crippen LogP contribution in [0.4, 0.5) is 0 Å². The smallest absolute Gasteiger partial charge is 0.255 e. The first kappa shape index (κ1) is 15.8. The summed E-state index contributed by atoms with van der Waals surface area (Å²) in [5.41, 5.74) is 0.494. The van der Waals surface area contributed by atoms with E-state index in [4.69, 9.17) is 9.47 Å². The number of amides is 1. The van der Waals surface area contributed by atoms with Gasteiger partial charge in [-0.3, -0.25) is 4.79 Å². The molecule has 1 rings (SSSR count). The third-order valence-electron chi connectivity index (χ3n) is 2.72. The molecule has 1 unspecified atom stereocenters. The molecule has 1 atom stereocenters. The zero-order valence-electron chi connectivity index (χ0n) is 11.5. The summed E-state index contributed by atoms with van der Waals surface area (Å²) in [7, 11) is 3.12. The normalized spacial score (nSPS) is 11.8. The average molecular weight is 330 g/mol. The minimum Gasteiger partial charge on any atom is -0.497 e. The largest absolute Gasteiger partial charge is 0.497 e. The van der Waals surface area contributed by atoms with Crippen LogP contribution in [0.2, 0.25) is 0 Å². The van der Waals surface area contributed by atoms with E-state index in [9.17, 15) is 4.79 Å². The molecule has 0 aliphatic rings. The van der Waals surface area contributed by atoms with Gasteiger partial charge in [-0.15, -0.1) is 0 Å². The highest BCUT2D eigenvalue weighted by atomic mass is 79.9. The Bertz CT molecular complexity index is 421. The predicted octanol–water partition coefficient (Wildman–Crippen LogP) is 3.00. The van der Waals surface area contributed by atoms with Gasteiger partial charge in [0.15, 0.2) is 0 Å². The summed E-state index contributed by atoms with van der Waals surface area (Å²) >= 11 is 3.48. The molecule has 0 saturated heterocycles. The van der Waals surface area contributed by atoms with Crippen LogP contribution in [-0.2, 0) is 0 Å². The van der Waals surface area contributed by atoms with Crippen LogP contribution < -0.4 is 14.8 Å². The van der Waals surface area contributed by atoms with Crippen LogP contribution in [-0.4, -0.2) is 31.5 Å². The Morgan fingerprint density at radius 1 is 1.37 bits per heavy atom. The van der Waals surface area contributed by atoms with E-state index in [-0.39, 0.29) is 5.91 Å². The lowest BCUT2D eigenvalue weighted by molar-refractivity contribution is 0.0949. The van der Waals surface area contributed by atoms with Crippen molar-refractivity contribution in [2.24, 2.45) is 0 Å². The second-order valence-electron chi connectivity index (χ2n) is 4.25. The van der Waals surface area contributed by atoms with Crippen molar-refractivity contribution in [3.63, 3.8) is 0 Å². The number of halogens is 1.